The summed E-state index contributed by atoms with van der Waals surface area (Å²) in [6.07, 6.45) is 1.53. The fraction of sp³-hybridized carbons (Fsp3) is 0.625. The molecule has 0 aromatic heterocycles. The summed E-state index contributed by atoms with van der Waals surface area (Å²) in [6, 6.07) is 8.30. The van der Waals surface area contributed by atoms with E-state index in [1.807, 2.05) is 32.9 Å². The lowest BCUT2D eigenvalue weighted by molar-refractivity contribution is 0.0303. The van der Waals surface area contributed by atoms with Crippen molar-refractivity contribution in [3.63, 3.8) is 0 Å². The van der Waals surface area contributed by atoms with Gasteiger partial charge < -0.3 is 15.2 Å². The summed E-state index contributed by atoms with van der Waals surface area (Å²) in [5, 5.41) is 13.7. The van der Waals surface area contributed by atoms with E-state index in [0.29, 0.717) is 13.2 Å². The Morgan fingerprint density at radius 3 is 2.53 bits per heavy atom. The maximum Gasteiger partial charge on any atom is 0.119 e. The number of rotatable bonds is 8. The van der Waals surface area contributed by atoms with E-state index in [2.05, 4.69) is 24.4 Å². The van der Waals surface area contributed by atoms with Crippen molar-refractivity contribution in [2.75, 3.05) is 13.2 Å². The lowest BCUT2D eigenvalue weighted by atomic mass is 9.96. The Kier molecular flexibility index (Phi) is 6.32. The molecule has 0 heterocycles. The summed E-state index contributed by atoms with van der Waals surface area (Å²) in [7, 11) is 0. The van der Waals surface area contributed by atoms with E-state index in [1.165, 1.54) is 5.56 Å². The quantitative estimate of drug-likeness (QED) is 0.758. The molecule has 0 bridgehead atoms. The molecule has 0 amide bonds. The van der Waals surface area contributed by atoms with Crippen molar-refractivity contribution >= 4 is 0 Å². The third-order valence-electron chi connectivity index (χ3n) is 3.72. The highest BCUT2D eigenvalue weighted by Crippen LogP contribution is 2.20. The van der Waals surface area contributed by atoms with Gasteiger partial charge in [0.1, 0.15) is 5.75 Å². The van der Waals surface area contributed by atoms with Crippen LogP contribution in [-0.2, 0) is 0 Å². The van der Waals surface area contributed by atoms with Crippen LogP contribution in [0.3, 0.4) is 0 Å². The van der Waals surface area contributed by atoms with Crippen LogP contribution in [0.2, 0.25) is 0 Å². The molecule has 19 heavy (non-hydrogen) atoms. The minimum absolute atomic E-state index is 0.199. The zero-order valence-electron chi connectivity index (χ0n) is 12.6. The van der Waals surface area contributed by atoms with Crippen LogP contribution in [-0.4, -0.2) is 23.9 Å². The van der Waals surface area contributed by atoms with Crippen molar-refractivity contribution in [1.82, 2.24) is 5.32 Å². The molecule has 0 aliphatic heterocycles. The highest BCUT2D eigenvalue weighted by atomic mass is 16.5. The van der Waals surface area contributed by atoms with Gasteiger partial charge in [0.25, 0.3) is 0 Å². The summed E-state index contributed by atoms with van der Waals surface area (Å²) in [6.45, 7) is 9.42. The molecule has 0 spiro atoms. The molecule has 0 radical (unpaired) electrons. The first-order chi connectivity index (χ1) is 9.04. The summed E-state index contributed by atoms with van der Waals surface area (Å²) in [5.74, 6) is 0.898. The van der Waals surface area contributed by atoms with Gasteiger partial charge in [-0.1, -0.05) is 26.0 Å². The molecule has 1 aromatic rings. The lowest BCUT2D eigenvalue weighted by Gasteiger charge is -2.27. The molecule has 0 fully saturated rings. The molecule has 108 valence electrons. The van der Waals surface area contributed by atoms with E-state index >= 15 is 0 Å². The Balaban J connectivity index is 2.62. The average molecular weight is 265 g/mol. The van der Waals surface area contributed by atoms with Crippen molar-refractivity contribution in [1.29, 1.82) is 0 Å². The topological polar surface area (TPSA) is 41.5 Å². The average Bonchev–Trinajstić information content (AvgIpc) is 2.45. The van der Waals surface area contributed by atoms with Gasteiger partial charge >= 0.3 is 0 Å². The van der Waals surface area contributed by atoms with Crippen LogP contribution in [0.25, 0.3) is 0 Å². The smallest absolute Gasteiger partial charge is 0.119 e. The molecule has 3 heteroatoms. The Morgan fingerprint density at radius 2 is 1.95 bits per heavy atom. The second kappa shape index (κ2) is 7.51. The summed E-state index contributed by atoms with van der Waals surface area (Å²) in [5.41, 5.74) is 0.576. The maximum atomic E-state index is 10.3. The van der Waals surface area contributed by atoms with E-state index in [-0.39, 0.29) is 6.04 Å². The van der Waals surface area contributed by atoms with Gasteiger partial charge in [-0.25, -0.2) is 0 Å². The minimum atomic E-state index is -0.605. The van der Waals surface area contributed by atoms with Crippen LogP contribution in [0.15, 0.2) is 24.3 Å². The number of hydrogen-bond acceptors (Lipinski definition) is 3. The van der Waals surface area contributed by atoms with E-state index in [0.717, 1.165) is 18.6 Å². The molecular weight excluding hydrogens is 238 g/mol. The number of benzene rings is 1. The Bertz CT molecular complexity index is 375. The molecule has 1 unspecified atom stereocenters. The number of hydrogen-bond donors (Lipinski definition) is 2. The first-order valence-corrected chi connectivity index (χ1v) is 7.23. The SMILES string of the molecule is CCOc1cccc(C(C)NCC(O)(CC)CC)c1. The van der Waals surface area contributed by atoms with E-state index < -0.39 is 5.60 Å². The standard InChI is InChI=1S/C16H27NO2/c1-5-16(18,6-2)12-17-13(4)14-9-8-10-15(11-14)19-7-3/h8-11,13,17-18H,5-7,12H2,1-4H3. The lowest BCUT2D eigenvalue weighted by Crippen LogP contribution is -2.40. The summed E-state index contributed by atoms with van der Waals surface area (Å²) in [4.78, 5) is 0. The van der Waals surface area contributed by atoms with Crippen LogP contribution in [0.1, 0.15) is 52.1 Å². The van der Waals surface area contributed by atoms with Gasteiger partial charge in [0, 0.05) is 12.6 Å². The fourth-order valence-electron chi connectivity index (χ4n) is 2.00. The monoisotopic (exact) mass is 265 g/mol. The molecular formula is C16H27NO2. The maximum absolute atomic E-state index is 10.3. The molecule has 3 nitrogen and oxygen atoms in total. The molecule has 0 saturated carbocycles. The van der Waals surface area contributed by atoms with Crippen molar-refractivity contribution in [3.05, 3.63) is 29.8 Å². The van der Waals surface area contributed by atoms with Crippen molar-refractivity contribution < 1.29 is 9.84 Å². The normalized spacial score (nSPS) is 13.3. The van der Waals surface area contributed by atoms with Crippen LogP contribution in [0.5, 0.6) is 5.75 Å². The second-order valence-corrected chi connectivity index (χ2v) is 5.04. The van der Waals surface area contributed by atoms with Crippen LogP contribution >= 0.6 is 0 Å². The van der Waals surface area contributed by atoms with E-state index in [9.17, 15) is 5.11 Å². The molecule has 1 atom stereocenters. The van der Waals surface area contributed by atoms with Gasteiger partial charge in [-0.05, 0) is 44.4 Å². The van der Waals surface area contributed by atoms with Crippen molar-refractivity contribution in [3.8, 4) is 5.75 Å². The van der Waals surface area contributed by atoms with Gasteiger partial charge in [-0.2, -0.15) is 0 Å². The number of nitrogens with one attached hydrogen (secondary N) is 1. The van der Waals surface area contributed by atoms with Crippen molar-refractivity contribution in [2.45, 2.75) is 52.2 Å². The van der Waals surface area contributed by atoms with Gasteiger partial charge in [0.2, 0.25) is 0 Å². The first-order valence-electron chi connectivity index (χ1n) is 7.23. The molecule has 2 N–H and O–H groups in total. The molecule has 0 saturated heterocycles. The summed E-state index contributed by atoms with van der Waals surface area (Å²) < 4.78 is 5.51. The second-order valence-electron chi connectivity index (χ2n) is 5.04. The van der Waals surface area contributed by atoms with Gasteiger partial charge in [0.15, 0.2) is 0 Å². The minimum Gasteiger partial charge on any atom is -0.494 e. The van der Waals surface area contributed by atoms with Gasteiger partial charge in [-0.3, -0.25) is 0 Å². The van der Waals surface area contributed by atoms with E-state index in [1.54, 1.807) is 0 Å². The number of aliphatic hydroxyl groups is 1. The predicted molar refractivity (Wildman–Crippen MR) is 79.6 cm³/mol. The first kappa shape index (κ1) is 16.0. The zero-order valence-corrected chi connectivity index (χ0v) is 12.6. The zero-order chi connectivity index (χ0) is 14.3. The molecule has 1 aromatic carbocycles. The predicted octanol–water partition coefficient (Wildman–Crippen LogP) is 3.29. The molecule has 0 aliphatic rings. The van der Waals surface area contributed by atoms with Crippen LogP contribution in [0.4, 0.5) is 0 Å². The van der Waals surface area contributed by atoms with Gasteiger partial charge in [0.05, 0.1) is 12.2 Å². The third-order valence-corrected chi connectivity index (χ3v) is 3.72. The molecule has 0 aliphatic carbocycles. The third kappa shape index (κ3) is 4.84. The number of ether oxygens (including phenoxy) is 1. The van der Waals surface area contributed by atoms with E-state index in [4.69, 9.17) is 4.74 Å². The largest absolute Gasteiger partial charge is 0.494 e. The van der Waals surface area contributed by atoms with Crippen LogP contribution < -0.4 is 10.1 Å². The molecule has 1 rings (SSSR count). The fourth-order valence-corrected chi connectivity index (χ4v) is 2.00. The summed E-state index contributed by atoms with van der Waals surface area (Å²) >= 11 is 0. The van der Waals surface area contributed by atoms with Gasteiger partial charge in [-0.15, -0.1) is 0 Å². The Morgan fingerprint density at radius 1 is 1.26 bits per heavy atom. The Hall–Kier alpha value is -1.06. The Labute approximate surface area is 117 Å². The highest BCUT2D eigenvalue weighted by Gasteiger charge is 2.22. The van der Waals surface area contributed by atoms with Crippen LogP contribution in [0, 0.1) is 0 Å². The highest BCUT2D eigenvalue weighted by molar-refractivity contribution is 5.30. The van der Waals surface area contributed by atoms with Crippen molar-refractivity contribution in [2.24, 2.45) is 0 Å².